The Hall–Kier alpha value is -1.64. The lowest BCUT2D eigenvalue weighted by atomic mass is 10.0. The molecule has 0 saturated carbocycles. The summed E-state index contributed by atoms with van der Waals surface area (Å²) in [6.45, 7) is 5.07. The van der Waals surface area contributed by atoms with E-state index in [1.54, 1.807) is 0 Å². The number of benzene rings is 2. The summed E-state index contributed by atoms with van der Waals surface area (Å²) in [7, 11) is -1.42. The first kappa shape index (κ1) is 15.3. The Morgan fingerprint density at radius 3 is 2.27 bits per heavy atom. The molecule has 1 fully saturated rings. The molecular formula is C20H24OSi. The second-order valence-electron chi connectivity index (χ2n) is 6.16. The van der Waals surface area contributed by atoms with E-state index in [0.717, 1.165) is 19.4 Å². The van der Waals surface area contributed by atoms with Gasteiger partial charge in [-0.1, -0.05) is 71.5 Å². The maximum atomic E-state index is 6.47. The predicted molar refractivity (Wildman–Crippen MR) is 96.1 cm³/mol. The van der Waals surface area contributed by atoms with Crippen molar-refractivity contribution in [3.8, 4) is 0 Å². The Balaban J connectivity index is 1.95. The minimum Gasteiger partial charge on any atom is -0.378 e. The van der Waals surface area contributed by atoms with Crippen LogP contribution in [0.2, 0.25) is 0 Å². The molecule has 2 heteroatoms. The van der Waals surface area contributed by atoms with Gasteiger partial charge >= 0.3 is 0 Å². The third kappa shape index (κ3) is 3.23. The van der Waals surface area contributed by atoms with E-state index in [1.165, 1.54) is 23.6 Å². The predicted octanol–water partition coefficient (Wildman–Crippen LogP) is 3.57. The monoisotopic (exact) mass is 308 g/mol. The molecule has 22 heavy (non-hydrogen) atoms. The lowest BCUT2D eigenvalue weighted by Gasteiger charge is -2.42. The standard InChI is InChI=1S/C20H24OSi/c1-2-22(19-13-7-4-8-14-19)20(15-9-10-16-21-20)17-18-11-5-3-6-12-18/h2-8,11-14,22H,1,9-10,15-17H2. The zero-order valence-electron chi connectivity index (χ0n) is 13.1. The van der Waals surface area contributed by atoms with Crippen LogP contribution >= 0.6 is 0 Å². The van der Waals surface area contributed by atoms with Gasteiger partial charge in [0.15, 0.2) is 0 Å². The molecule has 0 aliphatic carbocycles. The summed E-state index contributed by atoms with van der Waals surface area (Å²) < 4.78 is 6.47. The Kier molecular flexibility index (Phi) is 4.91. The largest absolute Gasteiger partial charge is 0.378 e. The molecule has 2 unspecified atom stereocenters. The summed E-state index contributed by atoms with van der Waals surface area (Å²) in [5.41, 5.74) is 3.59. The average molecular weight is 308 g/mol. The summed E-state index contributed by atoms with van der Waals surface area (Å²) in [5.74, 6) is 0. The van der Waals surface area contributed by atoms with Crippen LogP contribution in [0.5, 0.6) is 0 Å². The minimum absolute atomic E-state index is 0.0251. The van der Waals surface area contributed by atoms with Gasteiger partial charge in [0.05, 0.1) is 5.22 Å². The van der Waals surface area contributed by atoms with Gasteiger partial charge in [-0.25, -0.2) is 0 Å². The van der Waals surface area contributed by atoms with E-state index in [1.807, 2.05) is 0 Å². The van der Waals surface area contributed by atoms with Crippen molar-refractivity contribution in [3.05, 3.63) is 78.5 Å². The van der Waals surface area contributed by atoms with E-state index in [4.69, 9.17) is 4.74 Å². The highest BCUT2D eigenvalue weighted by atomic mass is 28.3. The molecular weight excluding hydrogens is 284 g/mol. The summed E-state index contributed by atoms with van der Waals surface area (Å²) >= 11 is 0. The number of hydrogen-bond acceptors (Lipinski definition) is 1. The first-order valence-corrected chi connectivity index (χ1v) is 10.0. The van der Waals surface area contributed by atoms with Gasteiger partial charge in [0.1, 0.15) is 8.80 Å². The van der Waals surface area contributed by atoms with Crippen LogP contribution in [0.3, 0.4) is 0 Å². The SMILES string of the molecule is C=C[SiH](c1ccccc1)C1(Cc2ccccc2)CCCCO1. The molecule has 1 saturated heterocycles. The van der Waals surface area contributed by atoms with Crippen LogP contribution in [0.25, 0.3) is 0 Å². The van der Waals surface area contributed by atoms with Crippen LogP contribution < -0.4 is 5.19 Å². The molecule has 0 amide bonds. The minimum atomic E-state index is -1.42. The van der Waals surface area contributed by atoms with Crippen molar-refractivity contribution < 1.29 is 4.74 Å². The van der Waals surface area contributed by atoms with Crippen molar-refractivity contribution in [2.24, 2.45) is 0 Å². The lowest BCUT2D eigenvalue weighted by Crippen LogP contribution is -2.57. The van der Waals surface area contributed by atoms with Gasteiger partial charge in [-0.3, -0.25) is 0 Å². The molecule has 3 rings (SSSR count). The van der Waals surface area contributed by atoms with Crippen molar-refractivity contribution in [1.82, 2.24) is 0 Å². The smallest absolute Gasteiger partial charge is 0.130 e. The first-order chi connectivity index (χ1) is 10.8. The molecule has 0 radical (unpaired) electrons. The fraction of sp³-hybridized carbons (Fsp3) is 0.300. The maximum Gasteiger partial charge on any atom is 0.130 e. The number of ether oxygens (including phenoxy) is 1. The Morgan fingerprint density at radius 1 is 1.00 bits per heavy atom. The quantitative estimate of drug-likeness (QED) is 0.767. The van der Waals surface area contributed by atoms with Gasteiger partial charge in [-0.2, -0.15) is 0 Å². The van der Waals surface area contributed by atoms with E-state index in [0.29, 0.717) is 0 Å². The molecule has 1 aliphatic heterocycles. The van der Waals surface area contributed by atoms with Crippen molar-refractivity contribution >= 4 is 14.0 Å². The molecule has 2 aromatic rings. The second kappa shape index (κ2) is 7.08. The Morgan fingerprint density at radius 2 is 1.68 bits per heavy atom. The number of hydrogen-bond donors (Lipinski definition) is 0. The van der Waals surface area contributed by atoms with E-state index in [-0.39, 0.29) is 5.22 Å². The van der Waals surface area contributed by atoms with Gasteiger partial charge in [0.25, 0.3) is 0 Å². The fourth-order valence-corrected chi connectivity index (χ4v) is 6.84. The zero-order chi connectivity index (χ0) is 15.3. The number of rotatable bonds is 5. The third-order valence-electron chi connectivity index (χ3n) is 4.69. The Labute approximate surface area is 135 Å². The molecule has 114 valence electrons. The molecule has 0 N–H and O–H groups in total. The molecule has 1 aliphatic rings. The lowest BCUT2D eigenvalue weighted by molar-refractivity contribution is -0.0207. The van der Waals surface area contributed by atoms with E-state index in [9.17, 15) is 0 Å². The van der Waals surface area contributed by atoms with Crippen LogP contribution in [0.1, 0.15) is 24.8 Å². The van der Waals surface area contributed by atoms with Gasteiger partial charge in [-0.05, 0) is 31.2 Å². The molecule has 0 aromatic heterocycles. The van der Waals surface area contributed by atoms with Crippen molar-refractivity contribution in [2.75, 3.05) is 6.61 Å². The molecule has 2 atom stereocenters. The Bertz CT molecular complexity index is 588. The first-order valence-electron chi connectivity index (χ1n) is 8.19. The zero-order valence-corrected chi connectivity index (χ0v) is 14.2. The van der Waals surface area contributed by atoms with E-state index >= 15 is 0 Å². The van der Waals surface area contributed by atoms with Gasteiger partial charge in [0, 0.05) is 6.61 Å². The van der Waals surface area contributed by atoms with Crippen LogP contribution in [-0.2, 0) is 11.2 Å². The van der Waals surface area contributed by atoms with E-state index in [2.05, 4.69) is 72.9 Å². The van der Waals surface area contributed by atoms with E-state index < -0.39 is 8.80 Å². The van der Waals surface area contributed by atoms with Crippen molar-refractivity contribution in [2.45, 2.75) is 30.9 Å². The van der Waals surface area contributed by atoms with Gasteiger partial charge in [0.2, 0.25) is 0 Å². The van der Waals surface area contributed by atoms with Crippen molar-refractivity contribution in [3.63, 3.8) is 0 Å². The topological polar surface area (TPSA) is 9.23 Å². The summed E-state index contributed by atoms with van der Waals surface area (Å²) in [4.78, 5) is 0. The summed E-state index contributed by atoms with van der Waals surface area (Å²) in [6.07, 6.45) is 4.60. The molecule has 1 nitrogen and oxygen atoms in total. The normalized spacial score (nSPS) is 22.9. The second-order valence-corrected chi connectivity index (χ2v) is 9.30. The summed E-state index contributed by atoms with van der Waals surface area (Å²) in [6, 6.07) is 21.6. The molecule has 1 heterocycles. The molecule has 0 bridgehead atoms. The van der Waals surface area contributed by atoms with Gasteiger partial charge < -0.3 is 4.74 Å². The maximum absolute atomic E-state index is 6.47. The molecule has 2 aromatic carbocycles. The summed E-state index contributed by atoms with van der Waals surface area (Å²) in [5, 5.41) is 1.42. The van der Waals surface area contributed by atoms with Crippen LogP contribution in [0.15, 0.2) is 72.9 Å². The van der Waals surface area contributed by atoms with Crippen LogP contribution in [0, 0.1) is 0 Å². The fourth-order valence-electron chi connectivity index (χ4n) is 3.62. The van der Waals surface area contributed by atoms with Crippen LogP contribution in [0.4, 0.5) is 0 Å². The van der Waals surface area contributed by atoms with Gasteiger partial charge in [-0.15, -0.1) is 6.58 Å². The average Bonchev–Trinajstić information content (AvgIpc) is 2.58. The highest BCUT2D eigenvalue weighted by Crippen LogP contribution is 2.31. The highest BCUT2D eigenvalue weighted by molar-refractivity contribution is 6.80. The van der Waals surface area contributed by atoms with Crippen LogP contribution in [-0.4, -0.2) is 20.6 Å². The highest BCUT2D eigenvalue weighted by Gasteiger charge is 2.41. The molecule has 0 spiro atoms. The van der Waals surface area contributed by atoms with Crippen molar-refractivity contribution in [1.29, 1.82) is 0 Å². The third-order valence-corrected chi connectivity index (χ3v) is 8.06.